The third-order valence-corrected chi connectivity index (χ3v) is 3.22. The van der Waals surface area contributed by atoms with E-state index in [9.17, 15) is 9.90 Å². The summed E-state index contributed by atoms with van der Waals surface area (Å²) >= 11 is 2.10. The third-order valence-electron chi connectivity index (χ3n) is 2.55. The molecular weight excluding hydrogens is 343 g/mol. The number of aromatic nitrogens is 1. The van der Waals surface area contributed by atoms with Crippen molar-refractivity contribution in [2.24, 2.45) is 7.05 Å². The Morgan fingerprint density at radius 2 is 2.22 bits per heavy atom. The number of amides is 1. The number of phenolic OH excluding ortho intramolecular Hbond substituents is 1. The van der Waals surface area contributed by atoms with Gasteiger partial charge in [-0.15, -0.1) is 0 Å². The summed E-state index contributed by atoms with van der Waals surface area (Å²) < 4.78 is 2.83. The molecule has 1 amide bonds. The van der Waals surface area contributed by atoms with Crippen LogP contribution in [-0.2, 0) is 13.6 Å². The molecule has 0 unspecified atom stereocenters. The van der Waals surface area contributed by atoms with E-state index in [1.807, 2.05) is 30.1 Å². The van der Waals surface area contributed by atoms with Gasteiger partial charge in [-0.05, 0) is 52.4 Å². The second-order valence-electron chi connectivity index (χ2n) is 4.03. The number of nitrogens with one attached hydrogen (secondary N) is 1. The second-order valence-corrected chi connectivity index (χ2v) is 5.28. The summed E-state index contributed by atoms with van der Waals surface area (Å²) in [5.74, 6) is -0.268. The molecule has 2 rings (SSSR count). The zero-order valence-electron chi connectivity index (χ0n) is 9.85. The molecule has 0 radical (unpaired) electrons. The minimum Gasteiger partial charge on any atom is -0.507 e. The van der Waals surface area contributed by atoms with Gasteiger partial charge in [0.15, 0.2) is 0 Å². The summed E-state index contributed by atoms with van der Waals surface area (Å²) in [6, 6.07) is 6.88. The van der Waals surface area contributed by atoms with Gasteiger partial charge in [0.25, 0.3) is 5.91 Å². The molecule has 0 aliphatic carbocycles. The second kappa shape index (κ2) is 5.43. The molecule has 18 heavy (non-hydrogen) atoms. The van der Waals surface area contributed by atoms with Crippen molar-refractivity contribution in [2.75, 3.05) is 0 Å². The van der Waals surface area contributed by atoms with E-state index >= 15 is 0 Å². The molecule has 0 bridgehead atoms. The predicted octanol–water partition coefficient (Wildman–Crippen LogP) is 2.27. The fourth-order valence-corrected chi connectivity index (χ4v) is 2.12. The van der Waals surface area contributed by atoms with Gasteiger partial charge in [0.05, 0.1) is 5.56 Å². The molecular formula is C13H13IN2O2. The Labute approximate surface area is 119 Å². The Morgan fingerprint density at radius 1 is 1.44 bits per heavy atom. The van der Waals surface area contributed by atoms with Crippen molar-refractivity contribution in [3.05, 3.63) is 51.4 Å². The van der Waals surface area contributed by atoms with Gasteiger partial charge in [-0.25, -0.2) is 0 Å². The standard InChI is InChI=1S/C13H13IN2O2/c1-16-5-4-9(8-16)7-15-13(18)11-6-10(14)2-3-12(11)17/h2-6,8,17H,7H2,1H3,(H,15,18). The van der Waals surface area contributed by atoms with Crippen LogP contribution in [0.15, 0.2) is 36.7 Å². The first kappa shape index (κ1) is 12.9. The molecule has 0 saturated carbocycles. The number of halogens is 1. The average Bonchev–Trinajstić information content (AvgIpc) is 2.75. The van der Waals surface area contributed by atoms with Crippen molar-refractivity contribution in [3.8, 4) is 5.75 Å². The van der Waals surface area contributed by atoms with E-state index in [0.29, 0.717) is 12.1 Å². The van der Waals surface area contributed by atoms with Crippen LogP contribution in [0.4, 0.5) is 0 Å². The number of carbonyl (C=O) groups is 1. The van der Waals surface area contributed by atoms with Crippen LogP contribution in [0.3, 0.4) is 0 Å². The fourth-order valence-electron chi connectivity index (χ4n) is 1.63. The Morgan fingerprint density at radius 3 is 2.89 bits per heavy atom. The Hall–Kier alpha value is -1.50. The number of aryl methyl sites for hydroxylation is 1. The van der Waals surface area contributed by atoms with Crippen LogP contribution >= 0.6 is 22.6 Å². The Kier molecular flexibility index (Phi) is 3.90. The van der Waals surface area contributed by atoms with Gasteiger partial charge in [0.1, 0.15) is 5.75 Å². The lowest BCUT2D eigenvalue weighted by Crippen LogP contribution is -2.22. The monoisotopic (exact) mass is 356 g/mol. The van der Waals surface area contributed by atoms with Crippen molar-refractivity contribution in [3.63, 3.8) is 0 Å². The van der Waals surface area contributed by atoms with E-state index in [-0.39, 0.29) is 11.7 Å². The first-order valence-corrected chi connectivity index (χ1v) is 6.51. The Bertz CT molecular complexity index is 578. The topological polar surface area (TPSA) is 54.3 Å². The molecule has 4 nitrogen and oxygen atoms in total. The molecule has 94 valence electrons. The summed E-state index contributed by atoms with van der Waals surface area (Å²) in [5.41, 5.74) is 1.33. The highest BCUT2D eigenvalue weighted by molar-refractivity contribution is 14.1. The van der Waals surface area contributed by atoms with E-state index in [4.69, 9.17) is 0 Å². The van der Waals surface area contributed by atoms with Gasteiger partial charge in [0, 0.05) is 29.6 Å². The van der Waals surface area contributed by atoms with Gasteiger partial charge < -0.3 is 15.0 Å². The van der Waals surface area contributed by atoms with E-state index in [1.54, 1.807) is 12.1 Å². The first-order chi connectivity index (χ1) is 8.56. The van der Waals surface area contributed by atoms with Crippen LogP contribution in [0.5, 0.6) is 5.75 Å². The maximum absolute atomic E-state index is 11.9. The van der Waals surface area contributed by atoms with E-state index < -0.39 is 0 Å². The number of hydrogen-bond acceptors (Lipinski definition) is 2. The van der Waals surface area contributed by atoms with Gasteiger partial charge in [-0.2, -0.15) is 0 Å². The molecule has 0 atom stereocenters. The van der Waals surface area contributed by atoms with Crippen molar-refractivity contribution in [2.45, 2.75) is 6.54 Å². The summed E-state index contributed by atoms with van der Waals surface area (Å²) in [7, 11) is 1.93. The predicted molar refractivity (Wildman–Crippen MR) is 77.4 cm³/mol. The maximum atomic E-state index is 11.9. The highest BCUT2D eigenvalue weighted by Crippen LogP contribution is 2.19. The lowest BCUT2D eigenvalue weighted by molar-refractivity contribution is 0.0948. The molecule has 5 heteroatoms. The molecule has 0 fully saturated rings. The van der Waals surface area contributed by atoms with E-state index in [0.717, 1.165) is 9.13 Å². The van der Waals surface area contributed by atoms with Crippen LogP contribution in [-0.4, -0.2) is 15.6 Å². The quantitative estimate of drug-likeness (QED) is 0.829. The van der Waals surface area contributed by atoms with Crippen LogP contribution < -0.4 is 5.32 Å². The van der Waals surface area contributed by atoms with Crippen molar-refractivity contribution in [1.29, 1.82) is 0 Å². The number of carbonyl (C=O) groups excluding carboxylic acids is 1. The van der Waals surface area contributed by atoms with Gasteiger partial charge >= 0.3 is 0 Å². The van der Waals surface area contributed by atoms with Gasteiger partial charge in [-0.3, -0.25) is 4.79 Å². The molecule has 2 N–H and O–H groups in total. The number of benzene rings is 1. The minimum atomic E-state index is -0.269. The van der Waals surface area contributed by atoms with Crippen molar-refractivity contribution in [1.82, 2.24) is 9.88 Å². The smallest absolute Gasteiger partial charge is 0.255 e. The molecule has 0 aliphatic heterocycles. The average molecular weight is 356 g/mol. The zero-order chi connectivity index (χ0) is 13.1. The molecule has 1 aromatic heterocycles. The van der Waals surface area contributed by atoms with E-state index in [2.05, 4.69) is 27.9 Å². The molecule has 1 heterocycles. The highest BCUT2D eigenvalue weighted by atomic mass is 127. The summed E-state index contributed by atoms with van der Waals surface area (Å²) in [5, 5.41) is 12.4. The normalized spacial score (nSPS) is 10.3. The number of nitrogens with zero attached hydrogens (tertiary/aromatic N) is 1. The lowest BCUT2D eigenvalue weighted by atomic mass is 10.2. The largest absolute Gasteiger partial charge is 0.507 e. The fraction of sp³-hybridized carbons (Fsp3) is 0.154. The Balaban J connectivity index is 2.05. The lowest BCUT2D eigenvalue weighted by Gasteiger charge is -2.06. The summed E-state index contributed by atoms with van der Waals surface area (Å²) in [4.78, 5) is 11.9. The van der Waals surface area contributed by atoms with Crippen LogP contribution in [0.1, 0.15) is 15.9 Å². The summed E-state index contributed by atoms with van der Waals surface area (Å²) in [6.07, 6.45) is 3.86. The van der Waals surface area contributed by atoms with Crippen LogP contribution in [0.2, 0.25) is 0 Å². The van der Waals surface area contributed by atoms with Gasteiger partial charge in [0.2, 0.25) is 0 Å². The maximum Gasteiger partial charge on any atom is 0.255 e. The van der Waals surface area contributed by atoms with E-state index in [1.165, 1.54) is 6.07 Å². The van der Waals surface area contributed by atoms with Crippen LogP contribution in [0.25, 0.3) is 0 Å². The minimum absolute atomic E-state index is 0.000905. The summed E-state index contributed by atoms with van der Waals surface area (Å²) in [6.45, 7) is 0.449. The van der Waals surface area contributed by atoms with Crippen LogP contribution in [0, 0.1) is 3.57 Å². The van der Waals surface area contributed by atoms with Crippen molar-refractivity contribution >= 4 is 28.5 Å². The molecule has 0 saturated heterocycles. The highest BCUT2D eigenvalue weighted by Gasteiger charge is 2.11. The number of phenols is 1. The third kappa shape index (κ3) is 3.04. The molecule has 0 spiro atoms. The molecule has 2 aromatic rings. The molecule has 1 aromatic carbocycles. The number of hydrogen-bond donors (Lipinski definition) is 2. The number of aromatic hydroxyl groups is 1. The van der Waals surface area contributed by atoms with Crippen molar-refractivity contribution < 1.29 is 9.90 Å². The van der Waals surface area contributed by atoms with Gasteiger partial charge in [-0.1, -0.05) is 0 Å². The molecule has 0 aliphatic rings. The number of rotatable bonds is 3. The first-order valence-electron chi connectivity index (χ1n) is 5.44. The zero-order valence-corrected chi connectivity index (χ0v) is 12.0. The SMILES string of the molecule is Cn1ccc(CNC(=O)c2cc(I)ccc2O)c1.